The van der Waals surface area contributed by atoms with Gasteiger partial charge in [0.2, 0.25) is 0 Å². The third-order valence-corrected chi connectivity index (χ3v) is 3.04. The quantitative estimate of drug-likeness (QED) is 0.491. The maximum Gasteiger partial charge on any atom is 0.0547 e. The molecule has 2 heteroatoms. The van der Waals surface area contributed by atoms with Crippen LogP contribution in [0.2, 0.25) is 0 Å². The van der Waals surface area contributed by atoms with Crippen LogP contribution in [0.25, 0.3) is 0 Å². The van der Waals surface area contributed by atoms with E-state index in [2.05, 4.69) is 26.1 Å². The third kappa shape index (κ3) is 13.9. The molecule has 0 bridgehead atoms. The molecule has 1 N–H and O–H groups in total. The lowest BCUT2D eigenvalue weighted by atomic mass is 10.1. The second-order valence-electron chi connectivity index (χ2n) is 4.99. The van der Waals surface area contributed by atoms with Gasteiger partial charge in [0.05, 0.1) is 6.10 Å². The molecule has 0 aliphatic rings. The zero-order valence-electron chi connectivity index (χ0n) is 12.3. The van der Waals surface area contributed by atoms with E-state index in [1.807, 2.05) is 0 Å². The summed E-state index contributed by atoms with van der Waals surface area (Å²) in [4.78, 5) is 0. The molecular formula is C15H33NO. The summed E-state index contributed by atoms with van der Waals surface area (Å²) in [5, 5.41) is 3.42. The predicted octanol–water partition coefficient (Wildman–Crippen LogP) is 4.14. The van der Waals surface area contributed by atoms with Crippen molar-refractivity contribution in [1.29, 1.82) is 0 Å². The van der Waals surface area contributed by atoms with Crippen molar-refractivity contribution >= 4 is 0 Å². The normalized spacial score (nSPS) is 12.9. The highest BCUT2D eigenvalue weighted by atomic mass is 16.5. The van der Waals surface area contributed by atoms with Crippen LogP contribution in [-0.4, -0.2) is 25.8 Å². The molecule has 0 saturated carbocycles. The summed E-state index contributed by atoms with van der Waals surface area (Å²) in [6, 6.07) is 0. The smallest absolute Gasteiger partial charge is 0.0547 e. The van der Waals surface area contributed by atoms with E-state index in [9.17, 15) is 0 Å². The molecule has 104 valence electrons. The molecule has 0 heterocycles. The molecule has 0 aliphatic carbocycles. The fourth-order valence-electron chi connectivity index (χ4n) is 1.88. The van der Waals surface area contributed by atoms with Gasteiger partial charge in [-0.05, 0) is 45.7 Å². The maximum absolute atomic E-state index is 5.80. The van der Waals surface area contributed by atoms with Crippen molar-refractivity contribution in [3.05, 3.63) is 0 Å². The molecule has 0 radical (unpaired) electrons. The van der Waals surface area contributed by atoms with Crippen molar-refractivity contribution in [2.24, 2.45) is 0 Å². The highest BCUT2D eigenvalue weighted by Gasteiger charge is 2.01. The monoisotopic (exact) mass is 243 g/mol. The van der Waals surface area contributed by atoms with Gasteiger partial charge in [0.15, 0.2) is 0 Å². The number of nitrogens with one attached hydrogen (secondary N) is 1. The topological polar surface area (TPSA) is 21.3 Å². The van der Waals surface area contributed by atoms with Gasteiger partial charge >= 0.3 is 0 Å². The number of unbranched alkanes of at least 4 members (excludes halogenated alkanes) is 4. The Morgan fingerprint density at radius 2 is 1.71 bits per heavy atom. The molecule has 0 fully saturated rings. The van der Waals surface area contributed by atoms with Crippen molar-refractivity contribution in [2.45, 2.75) is 78.2 Å². The molecular weight excluding hydrogens is 210 g/mol. The molecule has 0 spiro atoms. The summed E-state index contributed by atoms with van der Waals surface area (Å²) >= 11 is 0. The second-order valence-corrected chi connectivity index (χ2v) is 4.99. The van der Waals surface area contributed by atoms with E-state index < -0.39 is 0 Å². The van der Waals surface area contributed by atoms with Crippen molar-refractivity contribution in [3.63, 3.8) is 0 Å². The molecule has 1 atom stereocenters. The minimum atomic E-state index is 0.454. The highest BCUT2D eigenvalue weighted by molar-refractivity contribution is 4.52. The second kappa shape index (κ2) is 14.0. The van der Waals surface area contributed by atoms with Crippen LogP contribution in [0.15, 0.2) is 0 Å². The Bertz CT molecular complexity index is 139. The van der Waals surface area contributed by atoms with Crippen LogP contribution in [0, 0.1) is 0 Å². The lowest BCUT2D eigenvalue weighted by Gasteiger charge is -2.12. The Labute approximate surface area is 109 Å². The van der Waals surface area contributed by atoms with Crippen LogP contribution < -0.4 is 5.32 Å². The largest absolute Gasteiger partial charge is 0.379 e. The van der Waals surface area contributed by atoms with Gasteiger partial charge < -0.3 is 10.1 Å². The van der Waals surface area contributed by atoms with E-state index in [0.717, 1.165) is 19.7 Å². The summed E-state index contributed by atoms with van der Waals surface area (Å²) in [5.74, 6) is 0. The first kappa shape index (κ1) is 16.9. The summed E-state index contributed by atoms with van der Waals surface area (Å²) in [6.45, 7) is 9.89. The van der Waals surface area contributed by atoms with Crippen LogP contribution in [0.1, 0.15) is 72.1 Å². The Balaban J connectivity index is 3.08. The van der Waals surface area contributed by atoms with Crippen molar-refractivity contribution in [2.75, 3.05) is 19.7 Å². The predicted molar refractivity (Wildman–Crippen MR) is 76.6 cm³/mol. The molecule has 0 aromatic heterocycles. The van der Waals surface area contributed by atoms with E-state index in [0.29, 0.717) is 6.10 Å². The zero-order chi connectivity index (χ0) is 12.8. The standard InChI is InChI=1S/C15H33NO/c1-4-6-7-8-11-15(3)17-14-10-9-13-16-12-5-2/h15-16H,4-14H2,1-3H3. The van der Waals surface area contributed by atoms with E-state index in [1.54, 1.807) is 0 Å². The Morgan fingerprint density at radius 1 is 0.882 bits per heavy atom. The number of hydrogen-bond donors (Lipinski definition) is 1. The van der Waals surface area contributed by atoms with E-state index in [-0.39, 0.29) is 0 Å². The van der Waals surface area contributed by atoms with Gasteiger partial charge in [-0.2, -0.15) is 0 Å². The molecule has 0 rings (SSSR count). The Morgan fingerprint density at radius 3 is 2.41 bits per heavy atom. The first-order valence-electron chi connectivity index (χ1n) is 7.63. The Hall–Kier alpha value is -0.0800. The highest BCUT2D eigenvalue weighted by Crippen LogP contribution is 2.08. The van der Waals surface area contributed by atoms with E-state index >= 15 is 0 Å². The molecule has 0 amide bonds. The minimum absolute atomic E-state index is 0.454. The molecule has 0 aromatic rings. The van der Waals surface area contributed by atoms with Crippen LogP contribution in [0.5, 0.6) is 0 Å². The SMILES string of the molecule is CCCCCCC(C)OCCCCNCCC. The van der Waals surface area contributed by atoms with Crippen LogP contribution >= 0.6 is 0 Å². The zero-order valence-corrected chi connectivity index (χ0v) is 12.3. The number of ether oxygens (including phenoxy) is 1. The lowest BCUT2D eigenvalue weighted by Crippen LogP contribution is -2.17. The third-order valence-electron chi connectivity index (χ3n) is 3.04. The van der Waals surface area contributed by atoms with Crippen LogP contribution in [-0.2, 0) is 4.74 Å². The van der Waals surface area contributed by atoms with Gasteiger partial charge in [-0.1, -0.05) is 39.5 Å². The first-order valence-corrected chi connectivity index (χ1v) is 7.63. The lowest BCUT2D eigenvalue weighted by molar-refractivity contribution is 0.0560. The molecule has 2 nitrogen and oxygen atoms in total. The minimum Gasteiger partial charge on any atom is -0.379 e. The van der Waals surface area contributed by atoms with Gasteiger partial charge in [-0.3, -0.25) is 0 Å². The van der Waals surface area contributed by atoms with Crippen molar-refractivity contribution in [3.8, 4) is 0 Å². The average molecular weight is 243 g/mol. The number of rotatable bonds is 13. The molecule has 0 saturated heterocycles. The summed E-state index contributed by atoms with van der Waals surface area (Å²) in [5.41, 5.74) is 0. The van der Waals surface area contributed by atoms with Gasteiger partial charge in [0, 0.05) is 6.61 Å². The molecule has 0 aromatic carbocycles. The van der Waals surface area contributed by atoms with Gasteiger partial charge in [0.1, 0.15) is 0 Å². The number of hydrogen-bond acceptors (Lipinski definition) is 2. The Kier molecular flexibility index (Phi) is 13.9. The van der Waals surface area contributed by atoms with Crippen molar-refractivity contribution in [1.82, 2.24) is 5.32 Å². The maximum atomic E-state index is 5.80. The molecule has 1 unspecified atom stereocenters. The van der Waals surface area contributed by atoms with E-state index in [4.69, 9.17) is 4.74 Å². The summed E-state index contributed by atoms with van der Waals surface area (Å²) in [7, 11) is 0. The van der Waals surface area contributed by atoms with Gasteiger partial charge in [-0.15, -0.1) is 0 Å². The van der Waals surface area contributed by atoms with E-state index in [1.165, 1.54) is 51.4 Å². The van der Waals surface area contributed by atoms with Gasteiger partial charge in [-0.25, -0.2) is 0 Å². The first-order chi connectivity index (χ1) is 8.31. The fourth-order valence-corrected chi connectivity index (χ4v) is 1.88. The van der Waals surface area contributed by atoms with Crippen LogP contribution in [0.4, 0.5) is 0 Å². The fraction of sp³-hybridized carbons (Fsp3) is 1.00. The van der Waals surface area contributed by atoms with Crippen LogP contribution in [0.3, 0.4) is 0 Å². The van der Waals surface area contributed by atoms with Crippen molar-refractivity contribution < 1.29 is 4.74 Å². The summed E-state index contributed by atoms with van der Waals surface area (Å²) in [6.07, 6.45) is 10.7. The average Bonchev–Trinajstić information content (AvgIpc) is 2.33. The van der Waals surface area contributed by atoms with Gasteiger partial charge in [0.25, 0.3) is 0 Å². The molecule has 0 aliphatic heterocycles. The molecule has 17 heavy (non-hydrogen) atoms. The summed E-state index contributed by atoms with van der Waals surface area (Å²) < 4.78 is 5.80.